The smallest absolute Gasteiger partial charge is 0.0700 e. The fraction of sp³-hybridized carbons (Fsp3) is 1.00. The zero-order valence-corrected chi connectivity index (χ0v) is 9.07. The molecule has 0 aromatic carbocycles. The van der Waals surface area contributed by atoms with Crippen LogP contribution in [0.5, 0.6) is 0 Å². The molecule has 1 aliphatic heterocycles. The Morgan fingerprint density at radius 3 is 3.08 bits per heavy atom. The van der Waals surface area contributed by atoms with E-state index >= 15 is 0 Å². The van der Waals surface area contributed by atoms with Gasteiger partial charge in [-0.05, 0) is 12.8 Å². The summed E-state index contributed by atoms with van der Waals surface area (Å²) in [6.07, 6.45) is 2.76. The summed E-state index contributed by atoms with van der Waals surface area (Å²) in [5.74, 6) is 1.53. The fourth-order valence-electron chi connectivity index (χ4n) is 1.40. The van der Waals surface area contributed by atoms with E-state index in [2.05, 4.69) is 5.32 Å². The molecule has 0 amide bonds. The summed E-state index contributed by atoms with van der Waals surface area (Å²) in [4.78, 5) is 0. The molecule has 0 saturated carbocycles. The van der Waals surface area contributed by atoms with E-state index in [0.717, 1.165) is 31.2 Å². The first kappa shape index (κ1) is 11.1. The summed E-state index contributed by atoms with van der Waals surface area (Å²) in [5, 5.41) is 3.27. The third-order valence-corrected chi connectivity index (χ3v) is 3.53. The van der Waals surface area contributed by atoms with Crippen LogP contribution in [0.2, 0.25) is 0 Å². The third-order valence-electron chi connectivity index (χ3n) is 2.22. The van der Waals surface area contributed by atoms with Gasteiger partial charge >= 0.3 is 0 Å². The van der Waals surface area contributed by atoms with Gasteiger partial charge in [0.2, 0.25) is 0 Å². The van der Waals surface area contributed by atoms with Crippen LogP contribution in [0, 0.1) is 0 Å². The lowest BCUT2D eigenvalue weighted by Crippen LogP contribution is -2.29. The maximum Gasteiger partial charge on any atom is 0.0700 e. The molecular formula is C9H19NO2S. The topological polar surface area (TPSA) is 38.3 Å². The predicted molar refractivity (Wildman–Crippen MR) is 55.4 cm³/mol. The van der Waals surface area contributed by atoms with Crippen LogP contribution in [-0.2, 0) is 15.5 Å². The highest BCUT2D eigenvalue weighted by molar-refractivity contribution is 7.84. The van der Waals surface area contributed by atoms with Crippen LogP contribution in [-0.4, -0.2) is 41.5 Å². The van der Waals surface area contributed by atoms with Crippen LogP contribution >= 0.6 is 0 Å². The maximum absolute atomic E-state index is 11.0. The van der Waals surface area contributed by atoms with Crippen molar-refractivity contribution < 1.29 is 8.95 Å². The monoisotopic (exact) mass is 205 g/mol. The molecule has 1 heterocycles. The molecule has 0 aliphatic carbocycles. The fourth-order valence-corrected chi connectivity index (χ4v) is 2.06. The van der Waals surface area contributed by atoms with Crippen LogP contribution < -0.4 is 5.32 Å². The lowest BCUT2D eigenvalue weighted by molar-refractivity contribution is 0.110. The van der Waals surface area contributed by atoms with Crippen molar-refractivity contribution >= 4 is 10.8 Å². The molecule has 2 unspecified atom stereocenters. The molecule has 3 nitrogen and oxygen atoms in total. The largest absolute Gasteiger partial charge is 0.377 e. The van der Waals surface area contributed by atoms with E-state index < -0.39 is 10.8 Å². The predicted octanol–water partition coefficient (Wildman–Crippen LogP) is 0.524. The summed E-state index contributed by atoms with van der Waals surface area (Å²) in [6.45, 7) is 4.63. The van der Waals surface area contributed by atoms with E-state index in [1.165, 1.54) is 12.8 Å². The minimum Gasteiger partial charge on any atom is -0.377 e. The number of ether oxygens (including phenoxy) is 1. The third kappa shape index (κ3) is 4.74. The van der Waals surface area contributed by atoms with Crippen LogP contribution in [0.25, 0.3) is 0 Å². The Morgan fingerprint density at radius 1 is 1.62 bits per heavy atom. The molecule has 1 aliphatic rings. The lowest BCUT2D eigenvalue weighted by atomic mass is 10.2. The van der Waals surface area contributed by atoms with Gasteiger partial charge in [-0.15, -0.1) is 0 Å². The summed E-state index contributed by atoms with van der Waals surface area (Å²) in [5.41, 5.74) is 0. The van der Waals surface area contributed by atoms with Gasteiger partial charge in [0, 0.05) is 42.0 Å². The second-order valence-corrected chi connectivity index (χ2v) is 5.14. The second-order valence-electron chi connectivity index (χ2n) is 3.27. The molecule has 0 spiro atoms. The standard InChI is InChI=1S/C9H19NO2S/c1-2-13(11)7-5-10-8-9-4-3-6-12-9/h9-10H,2-8H2,1H3. The highest BCUT2D eigenvalue weighted by Crippen LogP contribution is 2.10. The number of hydrogen-bond donors (Lipinski definition) is 1. The van der Waals surface area contributed by atoms with Crippen molar-refractivity contribution in [2.75, 3.05) is 31.2 Å². The van der Waals surface area contributed by atoms with E-state index in [1.54, 1.807) is 0 Å². The molecule has 4 heteroatoms. The van der Waals surface area contributed by atoms with Gasteiger partial charge < -0.3 is 10.1 Å². The van der Waals surface area contributed by atoms with Gasteiger partial charge in [-0.2, -0.15) is 0 Å². The van der Waals surface area contributed by atoms with Crippen LogP contribution in [0.1, 0.15) is 19.8 Å². The summed E-state index contributed by atoms with van der Waals surface area (Å²) in [7, 11) is -0.633. The Morgan fingerprint density at radius 2 is 2.46 bits per heavy atom. The first-order valence-corrected chi connectivity index (χ1v) is 6.49. The highest BCUT2D eigenvalue weighted by atomic mass is 32.2. The van der Waals surface area contributed by atoms with Crippen LogP contribution in [0.3, 0.4) is 0 Å². The van der Waals surface area contributed by atoms with E-state index in [1.807, 2.05) is 6.92 Å². The highest BCUT2D eigenvalue weighted by Gasteiger charge is 2.14. The van der Waals surface area contributed by atoms with Crippen molar-refractivity contribution in [1.29, 1.82) is 0 Å². The Kier molecular flexibility index (Phi) is 5.58. The SMILES string of the molecule is CCS(=O)CCNCC1CCCO1. The molecular weight excluding hydrogens is 186 g/mol. The van der Waals surface area contributed by atoms with Crippen LogP contribution in [0.15, 0.2) is 0 Å². The van der Waals surface area contributed by atoms with Crippen molar-refractivity contribution in [1.82, 2.24) is 5.32 Å². The van der Waals surface area contributed by atoms with Gasteiger partial charge in [0.25, 0.3) is 0 Å². The van der Waals surface area contributed by atoms with Crippen molar-refractivity contribution in [2.24, 2.45) is 0 Å². The molecule has 1 saturated heterocycles. The second kappa shape index (κ2) is 6.51. The lowest BCUT2D eigenvalue weighted by Gasteiger charge is -2.09. The first-order valence-electron chi connectivity index (χ1n) is 5.00. The summed E-state index contributed by atoms with van der Waals surface area (Å²) >= 11 is 0. The Labute approximate surface area is 82.7 Å². The molecule has 1 rings (SSSR count). The van der Waals surface area contributed by atoms with E-state index in [0.29, 0.717) is 6.10 Å². The molecule has 13 heavy (non-hydrogen) atoms. The minimum absolute atomic E-state index is 0.398. The molecule has 2 atom stereocenters. The molecule has 0 bridgehead atoms. The van der Waals surface area contributed by atoms with E-state index in [9.17, 15) is 4.21 Å². The van der Waals surface area contributed by atoms with Crippen molar-refractivity contribution in [3.05, 3.63) is 0 Å². The van der Waals surface area contributed by atoms with E-state index in [-0.39, 0.29) is 0 Å². The molecule has 1 fully saturated rings. The molecule has 0 radical (unpaired) electrons. The molecule has 0 aromatic heterocycles. The average molecular weight is 205 g/mol. The van der Waals surface area contributed by atoms with Gasteiger partial charge in [-0.1, -0.05) is 6.92 Å². The van der Waals surface area contributed by atoms with Crippen molar-refractivity contribution in [3.8, 4) is 0 Å². The van der Waals surface area contributed by atoms with Gasteiger partial charge in [-0.3, -0.25) is 4.21 Å². The number of nitrogens with one attached hydrogen (secondary N) is 1. The van der Waals surface area contributed by atoms with Crippen molar-refractivity contribution in [3.63, 3.8) is 0 Å². The average Bonchev–Trinajstić information content (AvgIpc) is 2.64. The zero-order chi connectivity index (χ0) is 9.52. The van der Waals surface area contributed by atoms with E-state index in [4.69, 9.17) is 4.74 Å². The first-order chi connectivity index (χ1) is 6.33. The van der Waals surface area contributed by atoms with Crippen molar-refractivity contribution in [2.45, 2.75) is 25.9 Å². The normalized spacial score (nSPS) is 24.8. The zero-order valence-electron chi connectivity index (χ0n) is 8.25. The maximum atomic E-state index is 11.0. The van der Waals surface area contributed by atoms with Gasteiger partial charge in [-0.25, -0.2) is 0 Å². The molecule has 78 valence electrons. The quantitative estimate of drug-likeness (QED) is 0.643. The van der Waals surface area contributed by atoms with Gasteiger partial charge in [0.05, 0.1) is 6.10 Å². The molecule has 0 aromatic rings. The minimum atomic E-state index is -0.633. The summed E-state index contributed by atoms with van der Waals surface area (Å²) < 4.78 is 16.5. The molecule has 1 N–H and O–H groups in total. The number of hydrogen-bond acceptors (Lipinski definition) is 3. The number of rotatable bonds is 6. The Hall–Kier alpha value is 0.0700. The van der Waals surface area contributed by atoms with Crippen LogP contribution in [0.4, 0.5) is 0 Å². The Balaban J connectivity index is 1.91. The van der Waals surface area contributed by atoms with Gasteiger partial charge in [0.15, 0.2) is 0 Å². The Bertz CT molecular complexity index is 158. The van der Waals surface area contributed by atoms with Gasteiger partial charge in [0.1, 0.15) is 0 Å². The summed E-state index contributed by atoms with van der Waals surface area (Å²) in [6, 6.07) is 0.